The second kappa shape index (κ2) is 10.9. The van der Waals surface area contributed by atoms with Gasteiger partial charge in [-0.05, 0) is 71.5 Å². The van der Waals surface area contributed by atoms with Crippen LogP contribution in [0.5, 0.6) is 11.5 Å². The number of hydrogen-bond acceptors (Lipinski definition) is 8. The molecule has 0 atom stereocenters. The molecule has 0 unspecified atom stereocenters. The molecule has 1 N–H and O–H groups in total. The van der Waals surface area contributed by atoms with Gasteiger partial charge in [0.25, 0.3) is 0 Å². The van der Waals surface area contributed by atoms with Crippen molar-refractivity contribution in [2.24, 2.45) is 0 Å². The minimum absolute atomic E-state index is 0.224. The molecule has 2 aliphatic heterocycles. The van der Waals surface area contributed by atoms with Crippen LogP contribution in [0.4, 0.5) is 11.5 Å². The number of benzene rings is 1. The lowest BCUT2D eigenvalue weighted by atomic mass is 10.0. The Bertz CT molecular complexity index is 959. The maximum absolute atomic E-state index is 11.3. The van der Waals surface area contributed by atoms with Gasteiger partial charge in [0.15, 0.2) is 11.5 Å². The van der Waals surface area contributed by atoms with Crippen molar-refractivity contribution in [1.29, 1.82) is 0 Å². The Labute approximate surface area is 196 Å². The second-order valence-electron chi connectivity index (χ2n) is 9.12. The number of fused-ring (bicyclic) bond motifs is 3. The van der Waals surface area contributed by atoms with Gasteiger partial charge < -0.3 is 24.5 Å². The fourth-order valence-corrected chi connectivity index (χ4v) is 4.78. The third-order valence-corrected chi connectivity index (χ3v) is 6.30. The van der Waals surface area contributed by atoms with Gasteiger partial charge in [-0.25, -0.2) is 10.0 Å². The van der Waals surface area contributed by atoms with E-state index in [2.05, 4.69) is 24.1 Å². The van der Waals surface area contributed by atoms with Crippen molar-refractivity contribution in [3.63, 3.8) is 0 Å². The number of nitrogens with zero attached hydrogens (tertiary/aromatic N) is 3. The summed E-state index contributed by atoms with van der Waals surface area (Å²) in [7, 11) is 1.65. The van der Waals surface area contributed by atoms with Crippen LogP contribution in [-0.2, 0) is 16.1 Å². The Morgan fingerprint density at radius 2 is 1.91 bits per heavy atom. The Morgan fingerprint density at radius 3 is 2.64 bits per heavy atom. The van der Waals surface area contributed by atoms with E-state index in [0.717, 1.165) is 60.2 Å². The Morgan fingerprint density at radius 1 is 1.12 bits per heavy atom. The van der Waals surface area contributed by atoms with E-state index in [1.54, 1.807) is 12.2 Å². The number of carbonyl (C=O) groups is 1. The largest absolute Gasteiger partial charge is 0.493 e. The summed E-state index contributed by atoms with van der Waals surface area (Å²) in [4.78, 5) is 24.1. The maximum Gasteiger partial charge on any atom is 0.320 e. The van der Waals surface area contributed by atoms with Crippen LogP contribution >= 0.6 is 0 Å². The molecule has 2 aromatic rings. The van der Waals surface area contributed by atoms with E-state index in [1.165, 1.54) is 25.9 Å². The van der Waals surface area contributed by atoms with Crippen LogP contribution < -0.4 is 19.9 Å². The number of hydrogen-bond donors (Lipinski definition) is 1. The minimum Gasteiger partial charge on any atom is -0.493 e. The van der Waals surface area contributed by atoms with Gasteiger partial charge in [-0.1, -0.05) is 0 Å². The van der Waals surface area contributed by atoms with E-state index < -0.39 is 0 Å². The number of hydroxylamine groups is 1. The maximum atomic E-state index is 11.3. The topological polar surface area (TPSA) is 76.2 Å². The molecule has 8 heteroatoms. The van der Waals surface area contributed by atoms with Gasteiger partial charge in [0, 0.05) is 29.6 Å². The zero-order valence-corrected chi connectivity index (χ0v) is 20.1. The van der Waals surface area contributed by atoms with E-state index in [1.807, 2.05) is 12.1 Å². The van der Waals surface area contributed by atoms with Gasteiger partial charge >= 0.3 is 6.47 Å². The van der Waals surface area contributed by atoms with Gasteiger partial charge in [-0.15, -0.1) is 0 Å². The van der Waals surface area contributed by atoms with Crippen LogP contribution in [-0.4, -0.2) is 62.3 Å². The zero-order chi connectivity index (χ0) is 23.2. The molecule has 1 saturated heterocycles. The van der Waals surface area contributed by atoms with Crippen LogP contribution in [0.15, 0.2) is 12.1 Å². The van der Waals surface area contributed by atoms with E-state index in [4.69, 9.17) is 19.3 Å². The second-order valence-corrected chi connectivity index (χ2v) is 9.12. The molecule has 4 rings (SSSR count). The highest BCUT2D eigenvalue weighted by Gasteiger charge is 2.25. The molecular formula is C25H36N4O4. The average Bonchev–Trinajstić information content (AvgIpc) is 3.22. The van der Waals surface area contributed by atoms with E-state index in [-0.39, 0.29) is 6.04 Å². The number of anilines is 2. The van der Waals surface area contributed by atoms with Crippen molar-refractivity contribution >= 4 is 28.9 Å². The van der Waals surface area contributed by atoms with Crippen LogP contribution in [0.3, 0.4) is 0 Å². The molecule has 0 radical (unpaired) electrons. The quantitative estimate of drug-likeness (QED) is 0.422. The normalized spacial score (nSPS) is 16.5. The van der Waals surface area contributed by atoms with Crippen molar-refractivity contribution in [3.05, 3.63) is 17.7 Å². The summed E-state index contributed by atoms with van der Waals surface area (Å²) in [6.45, 7) is 9.39. The Balaban J connectivity index is 1.69. The molecular weight excluding hydrogens is 420 g/mol. The molecule has 33 heavy (non-hydrogen) atoms. The SMILES string of the molecule is COc1cc2c3c(c(NC(C)C)nc2cc1OCCCN1CCCC1)CCCCN3OC=O. The van der Waals surface area contributed by atoms with Gasteiger partial charge in [0.1, 0.15) is 5.82 Å². The molecule has 180 valence electrons. The molecule has 0 amide bonds. The number of nitrogens with one attached hydrogen (secondary N) is 1. The summed E-state index contributed by atoms with van der Waals surface area (Å²) >= 11 is 0. The molecule has 2 aliphatic rings. The highest BCUT2D eigenvalue weighted by Crippen LogP contribution is 2.42. The predicted molar refractivity (Wildman–Crippen MR) is 130 cm³/mol. The van der Waals surface area contributed by atoms with E-state index >= 15 is 0 Å². The third kappa shape index (κ3) is 5.43. The lowest BCUT2D eigenvalue weighted by molar-refractivity contribution is -0.130. The third-order valence-electron chi connectivity index (χ3n) is 6.30. The standard InChI is InChI=1S/C25H36N4O4/c1-18(2)26-25-19-9-4-5-13-29(33-17-30)24(19)20-15-22(31-3)23(16-21(20)27-25)32-14-8-12-28-10-6-7-11-28/h15-18H,4-14H2,1-3H3,(H,26,27). The van der Waals surface area contributed by atoms with Gasteiger partial charge in [-0.2, -0.15) is 0 Å². The molecule has 0 bridgehead atoms. The van der Waals surface area contributed by atoms with Crippen molar-refractivity contribution < 1.29 is 19.1 Å². The van der Waals surface area contributed by atoms with Crippen molar-refractivity contribution in [2.75, 3.05) is 50.3 Å². The first-order chi connectivity index (χ1) is 16.1. The Kier molecular flexibility index (Phi) is 7.75. The predicted octanol–water partition coefficient (Wildman–Crippen LogP) is 4.16. The molecule has 0 aliphatic carbocycles. The van der Waals surface area contributed by atoms with Crippen molar-refractivity contribution in [3.8, 4) is 11.5 Å². The van der Waals surface area contributed by atoms with Crippen molar-refractivity contribution in [1.82, 2.24) is 9.88 Å². The number of aromatic nitrogens is 1. The number of rotatable bonds is 10. The lowest BCUT2D eigenvalue weighted by Crippen LogP contribution is -2.25. The summed E-state index contributed by atoms with van der Waals surface area (Å²) in [6.07, 6.45) is 6.37. The summed E-state index contributed by atoms with van der Waals surface area (Å²) in [5.74, 6) is 2.18. The first-order valence-corrected chi connectivity index (χ1v) is 12.1. The zero-order valence-electron chi connectivity index (χ0n) is 20.1. The molecule has 0 saturated carbocycles. The average molecular weight is 457 g/mol. The van der Waals surface area contributed by atoms with E-state index in [9.17, 15) is 4.79 Å². The van der Waals surface area contributed by atoms with E-state index in [0.29, 0.717) is 31.1 Å². The van der Waals surface area contributed by atoms with Crippen molar-refractivity contribution in [2.45, 2.75) is 58.4 Å². The highest BCUT2D eigenvalue weighted by molar-refractivity contribution is 5.98. The van der Waals surface area contributed by atoms with Crippen LogP contribution in [0.1, 0.15) is 51.5 Å². The molecule has 3 heterocycles. The fourth-order valence-electron chi connectivity index (χ4n) is 4.78. The summed E-state index contributed by atoms with van der Waals surface area (Å²) in [5.41, 5.74) is 2.73. The van der Waals surface area contributed by atoms with Gasteiger partial charge in [0.05, 0.1) is 31.5 Å². The number of carbonyl (C=O) groups excluding carboxylic acids is 1. The number of pyridine rings is 1. The number of likely N-dealkylation sites (tertiary alicyclic amines) is 1. The molecule has 0 spiro atoms. The molecule has 1 aromatic heterocycles. The Hall–Kier alpha value is -2.74. The van der Waals surface area contributed by atoms with Crippen LogP contribution in [0, 0.1) is 0 Å². The first-order valence-electron chi connectivity index (χ1n) is 12.1. The van der Waals surface area contributed by atoms with Gasteiger partial charge in [-0.3, -0.25) is 4.79 Å². The van der Waals surface area contributed by atoms with Crippen LogP contribution in [0.25, 0.3) is 10.9 Å². The monoisotopic (exact) mass is 456 g/mol. The minimum atomic E-state index is 0.224. The lowest BCUT2D eigenvalue weighted by Gasteiger charge is -2.25. The molecule has 1 fully saturated rings. The van der Waals surface area contributed by atoms with Crippen LogP contribution in [0.2, 0.25) is 0 Å². The smallest absolute Gasteiger partial charge is 0.320 e. The summed E-state index contributed by atoms with van der Waals surface area (Å²) in [5, 5.41) is 6.08. The highest BCUT2D eigenvalue weighted by atomic mass is 16.7. The first kappa shape index (κ1) is 23.4. The molecule has 1 aromatic carbocycles. The van der Waals surface area contributed by atoms with Gasteiger partial charge in [0.2, 0.25) is 0 Å². The molecule has 8 nitrogen and oxygen atoms in total. The number of ether oxygens (including phenoxy) is 2. The number of methoxy groups -OCH3 is 1. The summed E-state index contributed by atoms with van der Waals surface area (Å²) in [6, 6.07) is 4.13. The summed E-state index contributed by atoms with van der Waals surface area (Å²) < 4.78 is 11.8. The fraction of sp³-hybridized carbons (Fsp3) is 0.600.